The average Bonchev–Trinajstić information content (AvgIpc) is 3.32. The Morgan fingerprint density at radius 2 is 1.90 bits per heavy atom. The van der Waals surface area contributed by atoms with Crippen molar-refractivity contribution >= 4 is 11.6 Å². The first kappa shape index (κ1) is 13.6. The lowest BCUT2D eigenvalue weighted by molar-refractivity contribution is 0.172. The van der Waals surface area contributed by atoms with E-state index in [1.54, 1.807) is 0 Å². The molecule has 2 fully saturated rings. The first-order valence-corrected chi connectivity index (χ1v) is 7.70. The van der Waals surface area contributed by atoms with Crippen molar-refractivity contribution in [1.29, 1.82) is 0 Å². The Labute approximate surface area is 120 Å². The molecular weight excluding hydrogens is 252 g/mol. The van der Waals surface area contributed by atoms with E-state index in [4.69, 9.17) is 0 Å². The molecule has 2 aliphatic rings. The van der Waals surface area contributed by atoms with E-state index in [-0.39, 0.29) is 12.1 Å². The number of aliphatic hydroxyl groups is 1. The molecule has 0 saturated heterocycles. The second kappa shape index (κ2) is 5.56. The molecule has 2 saturated carbocycles. The Kier molecular flexibility index (Phi) is 3.78. The summed E-state index contributed by atoms with van der Waals surface area (Å²) in [5.74, 6) is 3.17. The minimum atomic E-state index is -0.196. The van der Waals surface area contributed by atoms with Crippen LogP contribution in [-0.4, -0.2) is 34.3 Å². The Balaban J connectivity index is 1.83. The van der Waals surface area contributed by atoms with E-state index < -0.39 is 0 Å². The average molecular weight is 276 g/mol. The maximum Gasteiger partial charge on any atom is 0.136 e. The number of hydrogen-bond acceptors (Lipinski definition) is 5. The van der Waals surface area contributed by atoms with Gasteiger partial charge in [-0.1, -0.05) is 19.3 Å². The molecule has 1 heterocycles. The molecule has 0 radical (unpaired) electrons. The van der Waals surface area contributed by atoms with Gasteiger partial charge in [-0.15, -0.1) is 0 Å². The van der Waals surface area contributed by atoms with Crippen molar-refractivity contribution in [2.75, 3.05) is 24.3 Å². The second-order valence-corrected chi connectivity index (χ2v) is 6.15. The highest BCUT2D eigenvalue weighted by atomic mass is 16.3. The van der Waals surface area contributed by atoms with Gasteiger partial charge in [0, 0.05) is 19.0 Å². The standard InChI is InChI=1S/C15H24N4O/c1-16-12-9-13(18-14(17-12)11-5-6-11)19-15(10-20)7-3-2-4-8-15/h9,11,20H,2-8,10H2,1H3,(H2,16,17,18,19). The molecule has 3 N–H and O–H groups in total. The molecule has 0 bridgehead atoms. The summed E-state index contributed by atoms with van der Waals surface area (Å²) in [6.45, 7) is 0.171. The highest BCUT2D eigenvalue weighted by Crippen LogP contribution is 2.39. The van der Waals surface area contributed by atoms with Crippen molar-refractivity contribution < 1.29 is 5.11 Å². The number of anilines is 2. The third-order valence-corrected chi connectivity index (χ3v) is 4.45. The predicted molar refractivity (Wildman–Crippen MR) is 80.1 cm³/mol. The van der Waals surface area contributed by atoms with E-state index in [0.717, 1.165) is 30.3 Å². The lowest BCUT2D eigenvalue weighted by Crippen LogP contribution is -2.44. The van der Waals surface area contributed by atoms with E-state index in [0.29, 0.717) is 5.92 Å². The molecule has 0 aliphatic heterocycles. The summed E-state index contributed by atoms with van der Waals surface area (Å²) in [5, 5.41) is 16.4. The molecule has 0 spiro atoms. The van der Waals surface area contributed by atoms with Gasteiger partial charge < -0.3 is 15.7 Å². The zero-order valence-corrected chi connectivity index (χ0v) is 12.2. The van der Waals surface area contributed by atoms with Crippen LogP contribution in [0.25, 0.3) is 0 Å². The lowest BCUT2D eigenvalue weighted by Gasteiger charge is -2.37. The SMILES string of the molecule is CNc1cc(NC2(CO)CCCCC2)nc(C2CC2)n1. The Morgan fingerprint density at radius 3 is 2.50 bits per heavy atom. The van der Waals surface area contributed by atoms with Crippen LogP contribution in [0.5, 0.6) is 0 Å². The van der Waals surface area contributed by atoms with Gasteiger partial charge in [0.15, 0.2) is 0 Å². The summed E-state index contributed by atoms with van der Waals surface area (Å²) in [6.07, 6.45) is 8.03. The fourth-order valence-corrected chi connectivity index (χ4v) is 3.00. The zero-order valence-electron chi connectivity index (χ0n) is 12.2. The van der Waals surface area contributed by atoms with Crippen LogP contribution in [0.3, 0.4) is 0 Å². The minimum absolute atomic E-state index is 0.171. The maximum absolute atomic E-state index is 9.80. The van der Waals surface area contributed by atoms with Crippen LogP contribution < -0.4 is 10.6 Å². The van der Waals surface area contributed by atoms with Crippen molar-refractivity contribution in [3.63, 3.8) is 0 Å². The topological polar surface area (TPSA) is 70.1 Å². The van der Waals surface area contributed by atoms with Gasteiger partial charge in [-0.2, -0.15) is 0 Å². The molecule has 0 amide bonds. The van der Waals surface area contributed by atoms with Gasteiger partial charge in [0.2, 0.25) is 0 Å². The molecule has 0 atom stereocenters. The molecule has 5 nitrogen and oxygen atoms in total. The summed E-state index contributed by atoms with van der Waals surface area (Å²) in [6, 6.07) is 1.94. The molecule has 1 aromatic rings. The van der Waals surface area contributed by atoms with Gasteiger partial charge in [0.05, 0.1) is 12.1 Å². The van der Waals surface area contributed by atoms with Crippen LogP contribution in [0.1, 0.15) is 56.7 Å². The molecule has 0 unspecified atom stereocenters. The van der Waals surface area contributed by atoms with Crippen LogP contribution in [0.15, 0.2) is 6.07 Å². The highest BCUT2D eigenvalue weighted by Gasteiger charge is 2.33. The predicted octanol–water partition coefficient (Wildman–Crippen LogP) is 2.50. The van der Waals surface area contributed by atoms with Crippen molar-refractivity contribution in [2.45, 2.75) is 56.4 Å². The van der Waals surface area contributed by atoms with Gasteiger partial charge in [0.25, 0.3) is 0 Å². The van der Waals surface area contributed by atoms with Crippen LogP contribution in [-0.2, 0) is 0 Å². The van der Waals surface area contributed by atoms with Gasteiger partial charge in [-0.05, 0) is 25.7 Å². The van der Waals surface area contributed by atoms with Gasteiger partial charge in [0.1, 0.15) is 17.5 Å². The summed E-state index contributed by atoms with van der Waals surface area (Å²) in [5.41, 5.74) is -0.196. The normalized spacial score (nSPS) is 21.5. The molecule has 3 rings (SSSR count). The number of nitrogens with zero attached hydrogens (tertiary/aromatic N) is 2. The summed E-state index contributed by atoms with van der Waals surface area (Å²) in [7, 11) is 1.88. The van der Waals surface area contributed by atoms with Crippen molar-refractivity contribution in [3.05, 3.63) is 11.9 Å². The van der Waals surface area contributed by atoms with Crippen LogP contribution >= 0.6 is 0 Å². The molecule has 5 heteroatoms. The van der Waals surface area contributed by atoms with Crippen molar-refractivity contribution in [2.24, 2.45) is 0 Å². The van der Waals surface area contributed by atoms with Gasteiger partial charge in [-0.3, -0.25) is 0 Å². The number of aliphatic hydroxyl groups excluding tert-OH is 1. The first-order valence-electron chi connectivity index (χ1n) is 7.70. The fourth-order valence-electron chi connectivity index (χ4n) is 3.00. The van der Waals surface area contributed by atoms with E-state index in [1.165, 1.54) is 32.1 Å². The molecule has 0 aromatic carbocycles. The Hall–Kier alpha value is -1.36. The second-order valence-electron chi connectivity index (χ2n) is 6.15. The highest BCUT2D eigenvalue weighted by molar-refractivity contribution is 5.49. The quantitative estimate of drug-likeness (QED) is 0.771. The van der Waals surface area contributed by atoms with E-state index in [9.17, 15) is 5.11 Å². The molecule has 20 heavy (non-hydrogen) atoms. The van der Waals surface area contributed by atoms with Crippen molar-refractivity contribution in [1.82, 2.24) is 9.97 Å². The van der Waals surface area contributed by atoms with Crippen LogP contribution in [0.4, 0.5) is 11.6 Å². The molecule has 2 aliphatic carbocycles. The van der Waals surface area contributed by atoms with E-state index in [1.807, 2.05) is 13.1 Å². The first-order chi connectivity index (χ1) is 9.74. The van der Waals surface area contributed by atoms with Crippen molar-refractivity contribution in [3.8, 4) is 0 Å². The molecular formula is C15H24N4O. The zero-order chi connectivity index (χ0) is 14.0. The summed E-state index contributed by atoms with van der Waals surface area (Å²) >= 11 is 0. The number of nitrogens with one attached hydrogen (secondary N) is 2. The minimum Gasteiger partial charge on any atom is -0.394 e. The molecule has 110 valence electrons. The number of aromatic nitrogens is 2. The summed E-state index contributed by atoms with van der Waals surface area (Å²) in [4.78, 5) is 9.19. The smallest absolute Gasteiger partial charge is 0.136 e. The van der Waals surface area contributed by atoms with Crippen LogP contribution in [0, 0.1) is 0 Å². The van der Waals surface area contributed by atoms with Crippen LogP contribution in [0.2, 0.25) is 0 Å². The third kappa shape index (κ3) is 2.87. The third-order valence-electron chi connectivity index (χ3n) is 4.45. The Bertz CT molecular complexity index is 467. The largest absolute Gasteiger partial charge is 0.394 e. The number of rotatable bonds is 5. The summed E-state index contributed by atoms with van der Waals surface area (Å²) < 4.78 is 0. The maximum atomic E-state index is 9.80. The number of hydrogen-bond donors (Lipinski definition) is 3. The van der Waals surface area contributed by atoms with Gasteiger partial charge >= 0.3 is 0 Å². The Morgan fingerprint density at radius 1 is 1.20 bits per heavy atom. The monoisotopic (exact) mass is 276 g/mol. The molecule has 1 aromatic heterocycles. The fraction of sp³-hybridized carbons (Fsp3) is 0.733. The lowest BCUT2D eigenvalue weighted by atomic mass is 9.82. The van der Waals surface area contributed by atoms with Gasteiger partial charge in [-0.25, -0.2) is 9.97 Å². The van der Waals surface area contributed by atoms with E-state index >= 15 is 0 Å². The van der Waals surface area contributed by atoms with E-state index in [2.05, 4.69) is 20.6 Å².